The van der Waals surface area contributed by atoms with Crippen LogP contribution in [0.25, 0.3) is 0 Å². The van der Waals surface area contributed by atoms with Crippen LogP contribution >= 0.6 is 0 Å². The van der Waals surface area contributed by atoms with Crippen LogP contribution in [0.15, 0.2) is 66.1 Å². The fourth-order valence-corrected chi connectivity index (χ4v) is 3.37. The SMILES string of the molecule is CCN/C(Cc1ccccc1)=C(\OC1Cc2ccccc2C1)C(C)=O. The van der Waals surface area contributed by atoms with Gasteiger partial charge < -0.3 is 10.1 Å². The normalized spacial score (nSPS) is 14.6. The van der Waals surface area contributed by atoms with Crippen LogP contribution in [0.5, 0.6) is 0 Å². The first-order valence-electron chi connectivity index (χ1n) is 8.92. The second kappa shape index (κ2) is 8.02. The summed E-state index contributed by atoms with van der Waals surface area (Å²) in [4.78, 5) is 12.3. The van der Waals surface area contributed by atoms with Gasteiger partial charge in [-0.3, -0.25) is 4.79 Å². The summed E-state index contributed by atoms with van der Waals surface area (Å²) in [5.74, 6) is 0.450. The van der Waals surface area contributed by atoms with Gasteiger partial charge in [-0.05, 0) is 23.6 Å². The van der Waals surface area contributed by atoms with Crippen LogP contribution < -0.4 is 5.32 Å². The number of allylic oxidation sites excluding steroid dienone is 2. The summed E-state index contributed by atoms with van der Waals surface area (Å²) in [7, 11) is 0. The number of likely N-dealkylation sites (N-methyl/N-ethyl adjacent to an activating group) is 1. The second-order valence-corrected chi connectivity index (χ2v) is 6.47. The Hall–Kier alpha value is -2.55. The van der Waals surface area contributed by atoms with Gasteiger partial charge in [0.2, 0.25) is 0 Å². The van der Waals surface area contributed by atoms with Gasteiger partial charge >= 0.3 is 0 Å². The zero-order chi connectivity index (χ0) is 17.6. The molecule has 25 heavy (non-hydrogen) atoms. The monoisotopic (exact) mass is 335 g/mol. The molecule has 0 amide bonds. The molecule has 0 atom stereocenters. The van der Waals surface area contributed by atoms with Crippen LogP contribution in [0.2, 0.25) is 0 Å². The smallest absolute Gasteiger partial charge is 0.196 e. The van der Waals surface area contributed by atoms with E-state index in [9.17, 15) is 4.79 Å². The minimum atomic E-state index is -0.0252. The lowest BCUT2D eigenvalue weighted by Crippen LogP contribution is -2.24. The summed E-state index contributed by atoms with van der Waals surface area (Å²) in [5, 5.41) is 3.34. The lowest BCUT2D eigenvalue weighted by Gasteiger charge is -2.19. The Bertz CT molecular complexity index is 740. The Kier molecular flexibility index (Phi) is 5.54. The summed E-state index contributed by atoms with van der Waals surface area (Å²) in [6.45, 7) is 4.38. The molecule has 0 fully saturated rings. The molecule has 3 rings (SSSR count). The van der Waals surface area contributed by atoms with E-state index in [1.807, 2.05) is 25.1 Å². The van der Waals surface area contributed by atoms with E-state index in [1.54, 1.807) is 6.92 Å². The maximum atomic E-state index is 12.3. The van der Waals surface area contributed by atoms with Crippen LogP contribution in [-0.2, 0) is 28.8 Å². The van der Waals surface area contributed by atoms with Gasteiger partial charge in [0.05, 0.1) is 5.70 Å². The summed E-state index contributed by atoms with van der Waals surface area (Å²) in [6, 6.07) is 18.6. The molecule has 0 radical (unpaired) electrons. The number of ether oxygens (including phenoxy) is 1. The third kappa shape index (κ3) is 4.30. The minimum Gasteiger partial charge on any atom is -0.484 e. The van der Waals surface area contributed by atoms with Gasteiger partial charge in [0.15, 0.2) is 11.5 Å². The molecule has 0 unspecified atom stereocenters. The number of benzene rings is 2. The third-order valence-corrected chi connectivity index (χ3v) is 4.51. The molecular weight excluding hydrogens is 310 g/mol. The van der Waals surface area contributed by atoms with E-state index in [0.29, 0.717) is 12.2 Å². The molecule has 130 valence electrons. The van der Waals surface area contributed by atoms with E-state index in [4.69, 9.17) is 4.74 Å². The van der Waals surface area contributed by atoms with Gasteiger partial charge in [-0.15, -0.1) is 0 Å². The Morgan fingerprint density at radius 3 is 2.20 bits per heavy atom. The Balaban J connectivity index is 1.82. The van der Waals surface area contributed by atoms with Crippen molar-refractivity contribution in [3.05, 3.63) is 82.7 Å². The van der Waals surface area contributed by atoms with Crippen molar-refractivity contribution in [1.29, 1.82) is 0 Å². The summed E-state index contributed by atoms with van der Waals surface area (Å²) >= 11 is 0. The number of hydrogen-bond donors (Lipinski definition) is 1. The zero-order valence-corrected chi connectivity index (χ0v) is 14.9. The number of nitrogens with one attached hydrogen (secondary N) is 1. The number of rotatable bonds is 7. The third-order valence-electron chi connectivity index (χ3n) is 4.51. The molecule has 3 nitrogen and oxygen atoms in total. The highest BCUT2D eigenvalue weighted by molar-refractivity contribution is 5.92. The van der Waals surface area contributed by atoms with E-state index in [2.05, 4.69) is 41.7 Å². The number of fused-ring (bicyclic) bond motifs is 1. The van der Waals surface area contributed by atoms with Crippen molar-refractivity contribution in [2.45, 2.75) is 39.2 Å². The van der Waals surface area contributed by atoms with Crippen molar-refractivity contribution in [2.75, 3.05) is 6.54 Å². The molecule has 0 aromatic heterocycles. The molecule has 1 aliphatic rings. The summed E-state index contributed by atoms with van der Waals surface area (Å²) in [5.41, 5.74) is 4.68. The molecule has 2 aromatic rings. The lowest BCUT2D eigenvalue weighted by atomic mass is 10.1. The second-order valence-electron chi connectivity index (χ2n) is 6.47. The predicted molar refractivity (Wildman–Crippen MR) is 100 cm³/mol. The Labute approximate surface area is 149 Å². The van der Waals surface area contributed by atoms with Crippen molar-refractivity contribution in [3.63, 3.8) is 0 Å². The topological polar surface area (TPSA) is 38.3 Å². The van der Waals surface area contributed by atoms with Crippen LogP contribution in [-0.4, -0.2) is 18.4 Å². The number of hydrogen-bond acceptors (Lipinski definition) is 3. The fourth-order valence-electron chi connectivity index (χ4n) is 3.37. The highest BCUT2D eigenvalue weighted by Gasteiger charge is 2.25. The highest BCUT2D eigenvalue weighted by atomic mass is 16.5. The van der Waals surface area contributed by atoms with Crippen molar-refractivity contribution in [3.8, 4) is 0 Å². The molecule has 0 saturated carbocycles. The fraction of sp³-hybridized carbons (Fsp3) is 0.318. The number of carbonyl (C=O) groups excluding carboxylic acids is 1. The van der Waals surface area contributed by atoms with Gasteiger partial charge in [0, 0.05) is 32.7 Å². The molecule has 1 N–H and O–H groups in total. The molecule has 3 heteroatoms. The van der Waals surface area contributed by atoms with Crippen LogP contribution in [0.1, 0.15) is 30.5 Å². The molecular formula is C22H25NO2. The Morgan fingerprint density at radius 1 is 1.04 bits per heavy atom. The van der Waals surface area contributed by atoms with E-state index in [0.717, 1.165) is 30.6 Å². The molecule has 2 aromatic carbocycles. The molecule has 0 spiro atoms. The van der Waals surface area contributed by atoms with Crippen LogP contribution in [0.4, 0.5) is 0 Å². The molecule has 0 bridgehead atoms. The van der Waals surface area contributed by atoms with Crippen molar-refractivity contribution < 1.29 is 9.53 Å². The number of carbonyl (C=O) groups is 1. The first kappa shape index (κ1) is 17.3. The van der Waals surface area contributed by atoms with Gasteiger partial charge in [0.1, 0.15) is 6.10 Å². The average molecular weight is 335 g/mol. The van der Waals surface area contributed by atoms with Crippen LogP contribution in [0.3, 0.4) is 0 Å². The first-order valence-corrected chi connectivity index (χ1v) is 8.92. The Morgan fingerprint density at radius 2 is 1.64 bits per heavy atom. The van der Waals surface area contributed by atoms with E-state index in [1.165, 1.54) is 11.1 Å². The minimum absolute atomic E-state index is 0.0252. The molecule has 0 heterocycles. The van der Waals surface area contributed by atoms with Crippen molar-refractivity contribution in [2.24, 2.45) is 0 Å². The molecule has 0 aliphatic heterocycles. The van der Waals surface area contributed by atoms with E-state index < -0.39 is 0 Å². The van der Waals surface area contributed by atoms with Gasteiger partial charge in [-0.2, -0.15) is 0 Å². The lowest BCUT2D eigenvalue weighted by molar-refractivity contribution is -0.118. The summed E-state index contributed by atoms with van der Waals surface area (Å²) < 4.78 is 6.21. The highest BCUT2D eigenvalue weighted by Crippen LogP contribution is 2.26. The maximum absolute atomic E-state index is 12.3. The average Bonchev–Trinajstić information content (AvgIpc) is 3.02. The van der Waals surface area contributed by atoms with Crippen molar-refractivity contribution >= 4 is 5.78 Å². The van der Waals surface area contributed by atoms with Crippen LogP contribution in [0, 0.1) is 0 Å². The van der Waals surface area contributed by atoms with Gasteiger partial charge in [0.25, 0.3) is 0 Å². The molecule has 1 aliphatic carbocycles. The van der Waals surface area contributed by atoms with Crippen molar-refractivity contribution in [1.82, 2.24) is 5.32 Å². The van der Waals surface area contributed by atoms with Gasteiger partial charge in [-0.1, -0.05) is 54.6 Å². The van der Waals surface area contributed by atoms with E-state index >= 15 is 0 Å². The molecule has 0 saturated heterocycles. The first-order chi connectivity index (χ1) is 12.2. The number of ketones is 1. The standard InChI is InChI=1S/C22H25NO2/c1-3-23-21(13-17-9-5-4-6-10-17)22(16(2)24)25-20-14-18-11-7-8-12-19(18)15-20/h4-12,20,23H,3,13-15H2,1-2H3/b22-21-. The zero-order valence-electron chi connectivity index (χ0n) is 14.9. The van der Waals surface area contributed by atoms with E-state index in [-0.39, 0.29) is 11.9 Å². The largest absolute Gasteiger partial charge is 0.484 e. The summed E-state index contributed by atoms with van der Waals surface area (Å²) in [6.07, 6.45) is 2.42. The maximum Gasteiger partial charge on any atom is 0.196 e. The predicted octanol–water partition coefficient (Wildman–Crippen LogP) is 3.82. The quantitative estimate of drug-likeness (QED) is 0.617. The number of Topliss-reactive ketones (excluding diaryl/α,β-unsaturated/α-hetero) is 1. The van der Waals surface area contributed by atoms with Gasteiger partial charge in [-0.25, -0.2) is 0 Å².